The zero-order chi connectivity index (χ0) is 16.1. The number of carboxylic acid groups (broad SMARTS) is 1. The van der Waals surface area contributed by atoms with Gasteiger partial charge in [0.1, 0.15) is 12.6 Å². The Bertz CT molecular complexity index is 626. The molecule has 0 aromatic heterocycles. The van der Waals surface area contributed by atoms with E-state index in [4.69, 9.17) is 9.84 Å². The summed E-state index contributed by atoms with van der Waals surface area (Å²) in [5.41, 5.74) is 1.43. The lowest BCUT2D eigenvalue weighted by Crippen LogP contribution is -2.43. The maximum Gasteiger partial charge on any atom is 0.408 e. The molecule has 0 bridgehead atoms. The van der Waals surface area contributed by atoms with Crippen LogP contribution in [0.25, 0.3) is 0 Å². The van der Waals surface area contributed by atoms with Crippen LogP contribution in [0.5, 0.6) is 0 Å². The molecule has 0 saturated heterocycles. The molecule has 3 N–H and O–H groups in total. The fourth-order valence-corrected chi connectivity index (χ4v) is 2.16. The van der Waals surface area contributed by atoms with Crippen molar-refractivity contribution in [2.24, 2.45) is 0 Å². The van der Waals surface area contributed by atoms with Crippen molar-refractivity contribution < 1.29 is 24.2 Å². The van der Waals surface area contributed by atoms with Crippen LogP contribution in [0.3, 0.4) is 0 Å². The molecular formula is C15H16N2O5. The molecule has 1 unspecified atom stereocenters. The van der Waals surface area contributed by atoms with E-state index in [0.717, 1.165) is 5.56 Å². The minimum absolute atomic E-state index is 0.0579. The number of carbonyl (C=O) groups is 3. The second-order valence-corrected chi connectivity index (χ2v) is 4.79. The SMILES string of the molecule is C=CCOC(=O)NC1CCc2cc(C(=O)O)ccc2NC1=O. The maximum atomic E-state index is 12.1. The highest BCUT2D eigenvalue weighted by Gasteiger charge is 2.26. The molecule has 0 saturated carbocycles. The third-order valence-electron chi connectivity index (χ3n) is 3.25. The van der Waals surface area contributed by atoms with Gasteiger partial charge in [-0.2, -0.15) is 0 Å². The number of fused-ring (bicyclic) bond motifs is 1. The van der Waals surface area contributed by atoms with Crippen molar-refractivity contribution in [3.8, 4) is 0 Å². The fourth-order valence-electron chi connectivity index (χ4n) is 2.16. The fraction of sp³-hybridized carbons (Fsp3) is 0.267. The van der Waals surface area contributed by atoms with Gasteiger partial charge in [-0.05, 0) is 36.6 Å². The Balaban J connectivity index is 2.09. The number of rotatable bonds is 4. The van der Waals surface area contributed by atoms with Gasteiger partial charge in [0.25, 0.3) is 0 Å². The first kappa shape index (κ1) is 15.6. The van der Waals surface area contributed by atoms with E-state index in [1.54, 1.807) is 6.07 Å². The van der Waals surface area contributed by atoms with Gasteiger partial charge in [0.05, 0.1) is 5.56 Å². The summed E-state index contributed by atoms with van der Waals surface area (Å²) >= 11 is 0. The van der Waals surface area contributed by atoms with E-state index in [2.05, 4.69) is 17.2 Å². The molecule has 22 heavy (non-hydrogen) atoms. The number of aromatic carboxylic acids is 1. The second kappa shape index (κ2) is 6.75. The summed E-state index contributed by atoms with van der Waals surface area (Å²) in [5.74, 6) is -1.39. The number of carboxylic acids is 1. The highest BCUT2D eigenvalue weighted by Crippen LogP contribution is 2.23. The summed E-state index contributed by atoms with van der Waals surface area (Å²) in [4.78, 5) is 34.6. The van der Waals surface area contributed by atoms with Crippen LogP contribution in [0.2, 0.25) is 0 Å². The van der Waals surface area contributed by atoms with E-state index in [-0.39, 0.29) is 18.1 Å². The number of benzene rings is 1. The molecule has 1 heterocycles. The zero-order valence-corrected chi connectivity index (χ0v) is 11.8. The van der Waals surface area contributed by atoms with E-state index in [0.29, 0.717) is 18.5 Å². The Labute approximate surface area is 127 Å². The van der Waals surface area contributed by atoms with E-state index in [9.17, 15) is 14.4 Å². The van der Waals surface area contributed by atoms with Gasteiger partial charge < -0.3 is 20.5 Å². The van der Waals surface area contributed by atoms with Crippen LogP contribution in [0.15, 0.2) is 30.9 Å². The number of amides is 2. The van der Waals surface area contributed by atoms with E-state index < -0.39 is 18.1 Å². The lowest BCUT2D eigenvalue weighted by atomic mass is 10.0. The van der Waals surface area contributed by atoms with E-state index in [1.165, 1.54) is 18.2 Å². The molecule has 116 valence electrons. The van der Waals surface area contributed by atoms with Crippen LogP contribution in [0, 0.1) is 0 Å². The average Bonchev–Trinajstić information content (AvgIpc) is 2.64. The Morgan fingerprint density at radius 3 is 2.95 bits per heavy atom. The Morgan fingerprint density at radius 1 is 1.50 bits per heavy atom. The summed E-state index contributed by atoms with van der Waals surface area (Å²) in [7, 11) is 0. The standard InChI is InChI=1S/C15H16N2O5/c1-2-7-22-15(21)17-12-6-3-9-8-10(14(19)20)4-5-11(9)16-13(12)18/h2,4-5,8,12H,1,3,6-7H2,(H,16,18)(H,17,21)(H,19,20). The highest BCUT2D eigenvalue weighted by molar-refractivity contribution is 5.98. The van der Waals surface area contributed by atoms with Crippen molar-refractivity contribution in [3.05, 3.63) is 42.0 Å². The minimum atomic E-state index is -1.03. The van der Waals surface area contributed by atoms with Crippen LogP contribution >= 0.6 is 0 Å². The van der Waals surface area contributed by atoms with Gasteiger partial charge in [-0.3, -0.25) is 4.79 Å². The predicted molar refractivity (Wildman–Crippen MR) is 78.8 cm³/mol. The first-order chi connectivity index (χ1) is 10.5. The molecule has 1 aliphatic rings. The van der Waals surface area contributed by atoms with Crippen molar-refractivity contribution in [2.45, 2.75) is 18.9 Å². The molecule has 0 radical (unpaired) electrons. The highest BCUT2D eigenvalue weighted by atomic mass is 16.5. The number of hydrogen-bond donors (Lipinski definition) is 3. The molecule has 7 nitrogen and oxygen atoms in total. The molecule has 0 fully saturated rings. The molecular weight excluding hydrogens is 288 g/mol. The normalized spacial score (nSPS) is 16.7. The summed E-state index contributed by atoms with van der Waals surface area (Å²) in [6.07, 6.45) is 1.54. The first-order valence-corrected chi connectivity index (χ1v) is 6.72. The molecule has 1 aromatic carbocycles. The third kappa shape index (κ3) is 3.63. The van der Waals surface area contributed by atoms with Gasteiger partial charge in [0, 0.05) is 5.69 Å². The van der Waals surface area contributed by atoms with Crippen LogP contribution < -0.4 is 10.6 Å². The average molecular weight is 304 g/mol. The third-order valence-corrected chi connectivity index (χ3v) is 3.25. The molecule has 2 amide bonds. The minimum Gasteiger partial charge on any atom is -0.478 e. The Kier molecular flexibility index (Phi) is 4.77. The molecule has 0 spiro atoms. The summed E-state index contributed by atoms with van der Waals surface area (Å²) in [6, 6.07) is 3.76. The number of ether oxygens (including phenoxy) is 1. The first-order valence-electron chi connectivity index (χ1n) is 6.72. The lowest BCUT2D eigenvalue weighted by Gasteiger charge is -2.14. The monoisotopic (exact) mass is 304 g/mol. The molecule has 1 aliphatic heterocycles. The largest absolute Gasteiger partial charge is 0.478 e. The van der Waals surface area contributed by atoms with Gasteiger partial charge in [0.2, 0.25) is 5.91 Å². The van der Waals surface area contributed by atoms with E-state index >= 15 is 0 Å². The van der Waals surface area contributed by atoms with Gasteiger partial charge in [0.15, 0.2) is 0 Å². The topological polar surface area (TPSA) is 105 Å². The zero-order valence-electron chi connectivity index (χ0n) is 11.8. The van der Waals surface area contributed by atoms with Gasteiger partial charge in [-0.1, -0.05) is 12.7 Å². The number of carbonyl (C=O) groups excluding carboxylic acids is 2. The van der Waals surface area contributed by atoms with Crippen molar-refractivity contribution >= 4 is 23.7 Å². The summed E-state index contributed by atoms with van der Waals surface area (Å²) < 4.78 is 4.78. The second-order valence-electron chi connectivity index (χ2n) is 4.79. The number of hydrogen-bond acceptors (Lipinski definition) is 4. The van der Waals surface area contributed by atoms with Crippen LogP contribution in [0.1, 0.15) is 22.3 Å². The van der Waals surface area contributed by atoms with Crippen molar-refractivity contribution in [3.63, 3.8) is 0 Å². The van der Waals surface area contributed by atoms with E-state index in [1.807, 2.05) is 0 Å². The maximum absolute atomic E-state index is 12.1. The lowest BCUT2D eigenvalue weighted by molar-refractivity contribution is -0.118. The van der Waals surface area contributed by atoms with Crippen LogP contribution in [-0.4, -0.2) is 35.7 Å². The van der Waals surface area contributed by atoms with Crippen molar-refractivity contribution in [1.29, 1.82) is 0 Å². The van der Waals surface area contributed by atoms with Gasteiger partial charge in [-0.15, -0.1) is 0 Å². The number of anilines is 1. The molecule has 2 rings (SSSR count). The molecule has 1 atom stereocenters. The number of nitrogens with one attached hydrogen (secondary N) is 2. The van der Waals surface area contributed by atoms with Crippen LogP contribution in [-0.2, 0) is 16.0 Å². The van der Waals surface area contributed by atoms with Gasteiger partial charge >= 0.3 is 12.1 Å². The van der Waals surface area contributed by atoms with Crippen LogP contribution in [0.4, 0.5) is 10.5 Å². The Morgan fingerprint density at radius 2 is 2.27 bits per heavy atom. The van der Waals surface area contributed by atoms with Crippen molar-refractivity contribution in [2.75, 3.05) is 11.9 Å². The smallest absolute Gasteiger partial charge is 0.408 e. The molecule has 1 aromatic rings. The Hall–Kier alpha value is -2.83. The summed E-state index contributed by atoms with van der Waals surface area (Å²) in [5, 5.41) is 14.1. The molecule has 7 heteroatoms. The number of alkyl carbamates (subject to hydrolysis) is 1. The predicted octanol–water partition coefficient (Wildman–Crippen LogP) is 1.55. The number of aryl methyl sites for hydroxylation is 1. The van der Waals surface area contributed by atoms with Gasteiger partial charge in [-0.25, -0.2) is 9.59 Å². The van der Waals surface area contributed by atoms with Crippen molar-refractivity contribution in [1.82, 2.24) is 5.32 Å². The summed E-state index contributed by atoms with van der Waals surface area (Å²) in [6.45, 7) is 3.48. The molecule has 0 aliphatic carbocycles. The quantitative estimate of drug-likeness (QED) is 0.732.